The molecule has 1 aromatic carbocycles. The van der Waals surface area contributed by atoms with Crippen LogP contribution in [0.4, 0.5) is 0 Å². The van der Waals surface area contributed by atoms with E-state index in [1.54, 1.807) is 0 Å². The summed E-state index contributed by atoms with van der Waals surface area (Å²) in [6.45, 7) is 6.01. The molecule has 1 atom stereocenters. The van der Waals surface area contributed by atoms with Gasteiger partial charge in [0.2, 0.25) is 0 Å². The van der Waals surface area contributed by atoms with Crippen LogP contribution in [0.25, 0.3) is 6.08 Å². The van der Waals surface area contributed by atoms with E-state index in [1.165, 1.54) is 24.0 Å². The smallest absolute Gasteiger partial charge is 0.402 e. The van der Waals surface area contributed by atoms with Gasteiger partial charge in [0.25, 0.3) is 0 Å². The van der Waals surface area contributed by atoms with E-state index in [0.29, 0.717) is 6.04 Å². The summed E-state index contributed by atoms with van der Waals surface area (Å²) in [6.07, 6.45) is 11.1. The summed E-state index contributed by atoms with van der Waals surface area (Å²) in [5.74, 6) is 0. The summed E-state index contributed by atoms with van der Waals surface area (Å²) < 4.78 is 2.21. The third-order valence-electron chi connectivity index (χ3n) is 3.26. The molecule has 14 nitrogen and oxygen atoms in total. The van der Waals surface area contributed by atoms with Gasteiger partial charge in [0.05, 0.1) is 6.33 Å². The van der Waals surface area contributed by atoms with Gasteiger partial charge in [-0.15, -0.1) is 0 Å². The molecule has 18 heteroatoms. The fourth-order valence-electron chi connectivity index (χ4n) is 2.24. The van der Waals surface area contributed by atoms with Crippen LogP contribution in [0.3, 0.4) is 0 Å². The third kappa shape index (κ3) is 32.1. The Labute approximate surface area is 198 Å². The zero-order valence-corrected chi connectivity index (χ0v) is 18.6. The Morgan fingerprint density at radius 2 is 1.24 bits per heavy atom. The molecule has 0 aliphatic carbocycles. The van der Waals surface area contributed by atoms with Crippen molar-refractivity contribution in [1.29, 1.82) is 0 Å². The number of rotatable bonds is 6. The van der Waals surface area contributed by atoms with Gasteiger partial charge < -0.3 is 64.9 Å². The molecule has 190 valence electrons. The van der Waals surface area contributed by atoms with Crippen LogP contribution in [0.1, 0.15) is 36.9 Å². The maximum atomic E-state index is 7.17. The first-order valence-electron chi connectivity index (χ1n) is 9.62. The van der Waals surface area contributed by atoms with Gasteiger partial charge >= 0.3 is 29.3 Å². The zero-order chi connectivity index (χ0) is 27.1. The first-order chi connectivity index (χ1) is 15.8. The van der Waals surface area contributed by atoms with Gasteiger partial charge in [-0.05, 0) is 24.0 Å². The molecule has 0 spiro atoms. The van der Waals surface area contributed by atoms with Crippen molar-refractivity contribution in [3.63, 3.8) is 0 Å². The van der Waals surface area contributed by atoms with E-state index >= 15 is 0 Å². The van der Waals surface area contributed by atoms with E-state index in [9.17, 15) is 0 Å². The van der Waals surface area contributed by atoms with E-state index in [1.807, 2.05) is 18.6 Å². The minimum absolute atomic E-state index is 0.507. The van der Waals surface area contributed by atoms with Crippen molar-refractivity contribution in [2.75, 3.05) is 0 Å². The lowest BCUT2D eigenvalue weighted by molar-refractivity contribution is 0.276. The Hall–Kier alpha value is -2.05. The van der Waals surface area contributed by atoms with Crippen LogP contribution in [-0.4, -0.2) is 99.1 Å². The molecule has 0 amide bonds. The van der Waals surface area contributed by atoms with Crippen molar-refractivity contribution in [2.45, 2.75) is 32.2 Å². The molecule has 1 unspecified atom stereocenters. The van der Waals surface area contributed by atoms with E-state index in [2.05, 4.69) is 53.5 Å². The largest absolute Gasteiger partial charge is 0.631 e. The molecule has 0 aliphatic rings. The van der Waals surface area contributed by atoms with Crippen LogP contribution in [0.2, 0.25) is 0 Å². The number of benzene rings is 1. The Balaban J connectivity index is -0.000000492. The molecule has 0 bridgehead atoms. The average molecular weight is 488 g/mol. The molecule has 2 rings (SSSR count). The van der Waals surface area contributed by atoms with Crippen LogP contribution >= 0.6 is 0 Å². The number of nitrogens with zero attached hydrogens (tertiary/aromatic N) is 2. The van der Waals surface area contributed by atoms with E-state index in [0.717, 1.165) is 6.42 Å². The van der Waals surface area contributed by atoms with Crippen molar-refractivity contribution in [2.24, 2.45) is 0 Å². The maximum absolute atomic E-state index is 7.17. The third-order valence-corrected chi connectivity index (χ3v) is 3.26. The van der Waals surface area contributed by atoms with Gasteiger partial charge in [0, 0.05) is 18.4 Å². The molecule has 34 heavy (non-hydrogen) atoms. The molecule has 0 radical (unpaired) electrons. The molecule has 12 N–H and O–H groups in total. The molecular formula is C16H32B4N2O12. The average Bonchev–Trinajstić information content (AvgIpc) is 3.21. The van der Waals surface area contributed by atoms with Crippen molar-refractivity contribution in [3.05, 3.63) is 60.7 Å². The van der Waals surface area contributed by atoms with Crippen LogP contribution < -0.4 is 0 Å². The second-order valence-corrected chi connectivity index (χ2v) is 5.99. The summed E-state index contributed by atoms with van der Waals surface area (Å²) in [4.78, 5) is 4.14. The Kier molecular flexibility index (Phi) is 25.9. The lowest BCUT2D eigenvalue weighted by atomic mass is 10.0. The Morgan fingerprint density at radius 3 is 1.53 bits per heavy atom. The van der Waals surface area contributed by atoms with E-state index in [4.69, 9.17) is 60.3 Å². The predicted molar refractivity (Wildman–Crippen MR) is 126 cm³/mol. The molecule has 0 aliphatic heterocycles. The van der Waals surface area contributed by atoms with Gasteiger partial charge in [-0.1, -0.05) is 50.3 Å². The highest BCUT2D eigenvalue weighted by molar-refractivity contribution is 6.31. The van der Waals surface area contributed by atoms with E-state index < -0.39 is 29.3 Å². The summed E-state index contributed by atoms with van der Waals surface area (Å²) in [5.41, 5.74) is 2.54. The molecule has 2 aromatic rings. The number of imidazole rings is 1. The molecule has 0 fully saturated rings. The second-order valence-electron chi connectivity index (χ2n) is 5.99. The van der Waals surface area contributed by atoms with Crippen LogP contribution in [-0.2, 0) is 6.42 Å². The van der Waals surface area contributed by atoms with Gasteiger partial charge in [-0.3, -0.25) is 0 Å². The molecular weight excluding hydrogens is 455 g/mol. The van der Waals surface area contributed by atoms with Crippen molar-refractivity contribution < 1.29 is 60.3 Å². The monoisotopic (exact) mass is 488 g/mol. The summed E-state index contributed by atoms with van der Waals surface area (Å²) in [6, 6.07) is 9.14. The minimum Gasteiger partial charge on any atom is -0.402 e. The Bertz CT molecular complexity index is 644. The van der Waals surface area contributed by atoms with Gasteiger partial charge in [0.1, 0.15) is 0 Å². The molecule has 1 heterocycles. The van der Waals surface area contributed by atoms with Crippen molar-refractivity contribution in [3.8, 4) is 0 Å². The Morgan fingerprint density at radius 1 is 0.824 bits per heavy atom. The van der Waals surface area contributed by atoms with Crippen molar-refractivity contribution in [1.82, 2.24) is 9.55 Å². The summed E-state index contributed by atoms with van der Waals surface area (Å²) in [5, 5.41) is 86.0. The second kappa shape index (κ2) is 24.1. The highest BCUT2D eigenvalue weighted by atomic mass is 16.5. The van der Waals surface area contributed by atoms with Crippen LogP contribution in [0.5, 0.6) is 0 Å². The first kappa shape index (κ1) is 36.5. The van der Waals surface area contributed by atoms with Gasteiger partial charge in [0.15, 0.2) is 0 Å². The quantitative estimate of drug-likeness (QED) is 0.173. The fourth-order valence-corrected chi connectivity index (χ4v) is 2.24. The lowest BCUT2D eigenvalue weighted by Crippen LogP contribution is -2.10. The molecule has 0 saturated heterocycles. The standard InChI is InChI=1S/C16H20N2.4BH3O3/c1-3-5-16(18-11-10-17-13-18)12-15-8-6-14(4-2)7-9-15;4*2-1(3)4/h4,6-11,13,16H,2-3,5,12H2,1H3;4*2-4H. The summed E-state index contributed by atoms with van der Waals surface area (Å²) in [7, 11) is -8.67. The molecule has 1 aromatic heterocycles. The van der Waals surface area contributed by atoms with Crippen molar-refractivity contribution >= 4 is 35.4 Å². The van der Waals surface area contributed by atoms with Gasteiger partial charge in [-0.2, -0.15) is 0 Å². The zero-order valence-electron chi connectivity index (χ0n) is 18.6. The van der Waals surface area contributed by atoms with E-state index in [-0.39, 0.29) is 0 Å². The topological polar surface area (TPSA) is 261 Å². The fraction of sp³-hybridized carbons (Fsp3) is 0.312. The number of hydrogen-bond donors (Lipinski definition) is 12. The summed E-state index contributed by atoms with van der Waals surface area (Å²) >= 11 is 0. The highest BCUT2D eigenvalue weighted by Gasteiger charge is 2.10. The van der Waals surface area contributed by atoms with Gasteiger partial charge in [-0.25, -0.2) is 4.98 Å². The predicted octanol–water partition coefficient (Wildman–Crippen LogP) is -4.10. The lowest BCUT2D eigenvalue weighted by Gasteiger charge is -2.18. The highest BCUT2D eigenvalue weighted by Crippen LogP contribution is 2.20. The van der Waals surface area contributed by atoms with Crippen LogP contribution in [0, 0.1) is 0 Å². The maximum Gasteiger partial charge on any atom is 0.631 e. The first-order valence-corrected chi connectivity index (χ1v) is 9.62. The van der Waals surface area contributed by atoms with Crippen LogP contribution in [0.15, 0.2) is 49.6 Å². The number of hydrogen-bond acceptors (Lipinski definition) is 13. The molecule has 0 saturated carbocycles. The number of aromatic nitrogens is 2. The minimum atomic E-state index is -2.17. The SMILES string of the molecule is C=Cc1ccc(CC(CCC)n2ccnc2)cc1.OB(O)O.OB(O)O.OB(O)O.OB(O)O. The normalized spacial score (nSPS) is 9.68.